The van der Waals surface area contributed by atoms with Crippen LogP contribution >= 0.6 is 11.8 Å². The van der Waals surface area contributed by atoms with E-state index in [9.17, 15) is 8.42 Å². The molecule has 10 heteroatoms. The Balaban J connectivity index is 1.40. The molecule has 2 aromatic heterocycles. The number of hydrogen-bond acceptors (Lipinski definition) is 8. The first kappa shape index (κ1) is 20.0. The molecule has 1 aliphatic rings. The van der Waals surface area contributed by atoms with Crippen molar-refractivity contribution in [2.24, 2.45) is 0 Å². The Hall–Kier alpha value is -2.95. The minimum Gasteiger partial charge on any atom is -0.369 e. The van der Waals surface area contributed by atoms with Gasteiger partial charge in [-0.3, -0.25) is 4.98 Å². The standard InChI is InChI=1S/C21H19N5O3S2/c27-31(28,26-14-12-25(13-15-26)16-4-2-1-3-5-16)19-7-6-18(20-21(19)24-29-23-20)30-17-8-10-22-11-9-17/h1-11H,12-15H2. The third kappa shape index (κ3) is 3.89. The van der Waals surface area contributed by atoms with Gasteiger partial charge in [0.1, 0.15) is 4.90 Å². The highest BCUT2D eigenvalue weighted by atomic mass is 32.2. The molecule has 2 aromatic carbocycles. The number of pyridine rings is 1. The van der Waals surface area contributed by atoms with Crippen molar-refractivity contribution in [3.63, 3.8) is 0 Å². The second-order valence-electron chi connectivity index (χ2n) is 7.03. The predicted octanol–water partition coefficient (Wildman–Crippen LogP) is 3.28. The molecule has 0 bridgehead atoms. The molecule has 3 heterocycles. The number of para-hydroxylation sites is 1. The van der Waals surface area contributed by atoms with Crippen molar-refractivity contribution < 1.29 is 13.0 Å². The fourth-order valence-corrected chi connectivity index (χ4v) is 6.03. The van der Waals surface area contributed by atoms with Crippen molar-refractivity contribution in [1.29, 1.82) is 0 Å². The summed E-state index contributed by atoms with van der Waals surface area (Å²) < 4.78 is 33.2. The molecular weight excluding hydrogens is 434 g/mol. The Morgan fingerprint density at radius 1 is 0.839 bits per heavy atom. The van der Waals surface area contributed by atoms with Gasteiger partial charge in [-0.1, -0.05) is 30.0 Å². The first-order chi connectivity index (χ1) is 15.1. The van der Waals surface area contributed by atoms with E-state index in [1.807, 2.05) is 42.5 Å². The van der Waals surface area contributed by atoms with Crippen LogP contribution in [0.25, 0.3) is 11.0 Å². The summed E-state index contributed by atoms with van der Waals surface area (Å²) >= 11 is 1.46. The van der Waals surface area contributed by atoms with Crippen LogP contribution in [0.15, 0.2) is 86.3 Å². The van der Waals surface area contributed by atoms with Gasteiger partial charge in [-0.2, -0.15) is 4.31 Å². The zero-order chi connectivity index (χ0) is 21.3. The number of nitrogens with zero attached hydrogens (tertiary/aromatic N) is 5. The van der Waals surface area contributed by atoms with Crippen LogP contribution in [0.2, 0.25) is 0 Å². The summed E-state index contributed by atoms with van der Waals surface area (Å²) in [5.41, 5.74) is 1.79. The van der Waals surface area contributed by atoms with Crippen molar-refractivity contribution in [3.8, 4) is 0 Å². The van der Waals surface area contributed by atoms with Crippen molar-refractivity contribution in [3.05, 3.63) is 67.0 Å². The third-order valence-corrected chi connectivity index (χ3v) is 8.18. The van der Waals surface area contributed by atoms with Gasteiger partial charge in [0.2, 0.25) is 10.0 Å². The lowest BCUT2D eigenvalue weighted by molar-refractivity contribution is 0.314. The van der Waals surface area contributed by atoms with Gasteiger partial charge in [-0.25, -0.2) is 13.0 Å². The average Bonchev–Trinajstić information content (AvgIpc) is 3.31. The van der Waals surface area contributed by atoms with E-state index in [0.717, 1.165) is 15.5 Å². The SMILES string of the molecule is O=S(=O)(c1ccc(Sc2ccncc2)c2nonc12)N1CCN(c2ccccc2)CC1. The number of rotatable bonds is 5. The number of piperazine rings is 1. The predicted molar refractivity (Wildman–Crippen MR) is 118 cm³/mol. The largest absolute Gasteiger partial charge is 0.369 e. The number of sulfonamides is 1. The molecule has 158 valence electrons. The number of aromatic nitrogens is 3. The van der Waals surface area contributed by atoms with Gasteiger partial charge in [0.15, 0.2) is 11.0 Å². The third-order valence-electron chi connectivity index (χ3n) is 5.20. The molecule has 0 unspecified atom stereocenters. The Morgan fingerprint density at radius 3 is 2.29 bits per heavy atom. The minimum atomic E-state index is -3.73. The maximum Gasteiger partial charge on any atom is 0.245 e. The Labute approximate surface area is 183 Å². The summed E-state index contributed by atoms with van der Waals surface area (Å²) in [5, 5.41) is 7.89. The number of fused-ring (bicyclic) bond motifs is 1. The summed E-state index contributed by atoms with van der Waals surface area (Å²) in [4.78, 5) is 8.06. The van der Waals surface area contributed by atoms with Gasteiger partial charge in [0.25, 0.3) is 0 Å². The fourth-order valence-electron chi connectivity index (χ4n) is 3.61. The zero-order valence-electron chi connectivity index (χ0n) is 16.5. The lowest BCUT2D eigenvalue weighted by Crippen LogP contribution is -2.48. The van der Waals surface area contributed by atoms with Crippen LogP contribution in [0.3, 0.4) is 0 Å². The summed E-state index contributed by atoms with van der Waals surface area (Å²) in [6, 6.07) is 17.1. The Bertz CT molecular complexity index is 1290. The van der Waals surface area contributed by atoms with Gasteiger partial charge in [-0.05, 0) is 46.7 Å². The Morgan fingerprint density at radius 2 is 1.55 bits per heavy atom. The monoisotopic (exact) mass is 453 g/mol. The molecule has 0 N–H and O–H groups in total. The second kappa shape index (κ2) is 8.29. The van der Waals surface area contributed by atoms with Crippen molar-refractivity contribution >= 4 is 38.5 Å². The molecule has 0 saturated carbocycles. The molecule has 4 aromatic rings. The van der Waals surface area contributed by atoms with Crippen molar-refractivity contribution in [2.75, 3.05) is 31.1 Å². The van der Waals surface area contributed by atoms with Crippen LogP contribution in [0.5, 0.6) is 0 Å². The van der Waals surface area contributed by atoms with Gasteiger partial charge < -0.3 is 4.90 Å². The second-order valence-corrected chi connectivity index (χ2v) is 10.1. The summed E-state index contributed by atoms with van der Waals surface area (Å²) in [6.45, 7) is 2.05. The molecule has 1 fully saturated rings. The highest BCUT2D eigenvalue weighted by Crippen LogP contribution is 2.35. The molecule has 0 aliphatic carbocycles. The lowest BCUT2D eigenvalue weighted by atomic mass is 10.2. The van der Waals surface area contributed by atoms with Crippen LogP contribution in [0.4, 0.5) is 5.69 Å². The van der Waals surface area contributed by atoms with E-state index in [1.54, 1.807) is 24.5 Å². The molecular formula is C21H19N5O3S2. The van der Waals surface area contributed by atoms with E-state index in [0.29, 0.717) is 31.7 Å². The molecule has 31 heavy (non-hydrogen) atoms. The average molecular weight is 454 g/mol. The molecule has 0 radical (unpaired) electrons. The van der Waals surface area contributed by atoms with E-state index in [2.05, 4.69) is 20.2 Å². The van der Waals surface area contributed by atoms with Crippen LogP contribution in [-0.4, -0.2) is 54.2 Å². The van der Waals surface area contributed by atoms with Crippen LogP contribution in [-0.2, 0) is 10.0 Å². The van der Waals surface area contributed by atoms with Crippen LogP contribution in [0, 0.1) is 0 Å². The maximum absolute atomic E-state index is 13.4. The van der Waals surface area contributed by atoms with E-state index < -0.39 is 10.0 Å². The first-order valence-electron chi connectivity index (χ1n) is 9.76. The van der Waals surface area contributed by atoms with Crippen molar-refractivity contribution in [1.82, 2.24) is 19.6 Å². The fraction of sp³-hybridized carbons (Fsp3) is 0.190. The minimum absolute atomic E-state index is 0.121. The normalized spacial score (nSPS) is 15.4. The molecule has 8 nitrogen and oxygen atoms in total. The zero-order valence-corrected chi connectivity index (χ0v) is 18.1. The molecule has 0 atom stereocenters. The topological polar surface area (TPSA) is 92.4 Å². The quantitative estimate of drug-likeness (QED) is 0.455. The van der Waals surface area contributed by atoms with Crippen molar-refractivity contribution in [2.45, 2.75) is 14.7 Å². The van der Waals surface area contributed by atoms with Gasteiger partial charge in [0.05, 0.1) is 0 Å². The van der Waals surface area contributed by atoms with Crippen LogP contribution in [0.1, 0.15) is 0 Å². The summed E-state index contributed by atoms with van der Waals surface area (Å²) in [6.07, 6.45) is 3.41. The maximum atomic E-state index is 13.4. The first-order valence-corrected chi connectivity index (χ1v) is 12.0. The molecule has 1 aliphatic heterocycles. The lowest BCUT2D eigenvalue weighted by Gasteiger charge is -2.35. The highest BCUT2D eigenvalue weighted by molar-refractivity contribution is 7.99. The smallest absolute Gasteiger partial charge is 0.245 e. The van der Waals surface area contributed by atoms with Gasteiger partial charge in [-0.15, -0.1) is 0 Å². The molecule has 5 rings (SSSR count). The number of anilines is 1. The highest BCUT2D eigenvalue weighted by Gasteiger charge is 2.31. The molecule has 0 amide bonds. The molecule has 0 spiro atoms. The molecule has 1 saturated heterocycles. The number of benzene rings is 2. The van der Waals surface area contributed by atoms with Gasteiger partial charge >= 0.3 is 0 Å². The van der Waals surface area contributed by atoms with E-state index in [-0.39, 0.29) is 10.4 Å². The van der Waals surface area contributed by atoms with E-state index in [4.69, 9.17) is 4.63 Å². The summed E-state index contributed by atoms with van der Waals surface area (Å²) in [7, 11) is -3.73. The van der Waals surface area contributed by atoms with E-state index >= 15 is 0 Å². The number of hydrogen-bond donors (Lipinski definition) is 0. The van der Waals surface area contributed by atoms with Crippen LogP contribution < -0.4 is 4.90 Å². The van der Waals surface area contributed by atoms with Gasteiger partial charge in [0, 0.05) is 54.1 Å². The Kier molecular flexibility index (Phi) is 5.34. The summed E-state index contributed by atoms with van der Waals surface area (Å²) in [5.74, 6) is 0. The van der Waals surface area contributed by atoms with E-state index in [1.165, 1.54) is 16.1 Å².